The number of aryl methyl sites for hydroxylation is 1. The van der Waals surface area contributed by atoms with E-state index in [1.807, 2.05) is 11.3 Å². The molecule has 1 saturated heterocycles. The van der Waals surface area contributed by atoms with Crippen LogP contribution in [-0.2, 0) is 12.8 Å². The van der Waals surface area contributed by atoms with Gasteiger partial charge in [0.1, 0.15) is 17.0 Å². The average molecular weight is 301 g/mol. The van der Waals surface area contributed by atoms with Gasteiger partial charge in [0, 0.05) is 18.0 Å². The molecule has 4 rings (SSSR count). The molecule has 3 nitrogen and oxygen atoms in total. The summed E-state index contributed by atoms with van der Waals surface area (Å²) >= 11 is 1.90. The van der Waals surface area contributed by atoms with Crippen LogP contribution in [0, 0.1) is 11.8 Å². The van der Waals surface area contributed by atoms with Crippen LogP contribution in [0.25, 0.3) is 10.2 Å². The Kier molecular flexibility index (Phi) is 3.37. The molecule has 3 heterocycles. The predicted molar refractivity (Wildman–Crippen MR) is 89.2 cm³/mol. The van der Waals surface area contributed by atoms with Crippen molar-refractivity contribution in [2.24, 2.45) is 11.8 Å². The molecule has 0 saturated carbocycles. The zero-order valence-corrected chi connectivity index (χ0v) is 13.7. The van der Waals surface area contributed by atoms with Crippen LogP contribution in [0.1, 0.15) is 43.6 Å². The first-order valence-corrected chi connectivity index (χ1v) is 9.04. The highest BCUT2D eigenvalue weighted by molar-refractivity contribution is 7.19. The fourth-order valence-corrected chi connectivity index (χ4v) is 5.06. The lowest BCUT2D eigenvalue weighted by atomic mass is 9.89. The van der Waals surface area contributed by atoms with Crippen LogP contribution in [-0.4, -0.2) is 23.1 Å². The number of anilines is 1. The van der Waals surface area contributed by atoms with E-state index in [0.717, 1.165) is 24.9 Å². The molecule has 1 fully saturated rings. The van der Waals surface area contributed by atoms with Crippen LogP contribution < -0.4 is 4.90 Å². The highest BCUT2D eigenvalue weighted by Gasteiger charge is 2.26. The number of thiophene rings is 1. The number of fused-ring (bicyclic) bond motifs is 3. The number of hydrogen-bond donors (Lipinski definition) is 0. The van der Waals surface area contributed by atoms with Gasteiger partial charge in [-0.15, -0.1) is 11.3 Å². The van der Waals surface area contributed by atoms with Crippen LogP contribution in [0.2, 0.25) is 0 Å². The molecule has 4 heteroatoms. The van der Waals surface area contributed by atoms with Crippen molar-refractivity contribution in [1.82, 2.24) is 9.97 Å². The average Bonchev–Trinajstić information content (AvgIpc) is 2.85. The molecular formula is C17H23N3S. The van der Waals surface area contributed by atoms with E-state index >= 15 is 0 Å². The van der Waals surface area contributed by atoms with Gasteiger partial charge >= 0.3 is 0 Å². The van der Waals surface area contributed by atoms with E-state index in [1.54, 1.807) is 16.8 Å². The topological polar surface area (TPSA) is 29.0 Å². The summed E-state index contributed by atoms with van der Waals surface area (Å²) in [7, 11) is 0. The molecule has 2 aliphatic rings. The molecule has 112 valence electrons. The molecule has 0 N–H and O–H groups in total. The molecule has 0 bridgehead atoms. The highest BCUT2D eigenvalue weighted by atomic mass is 32.1. The van der Waals surface area contributed by atoms with E-state index in [1.165, 1.54) is 48.1 Å². The molecule has 0 unspecified atom stereocenters. The van der Waals surface area contributed by atoms with Gasteiger partial charge in [0.05, 0.1) is 5.39 Å². The summed E-state index contributed by atoms with van der Waals surface area (Å²) in [6.07, 6.45) is 8.09. The number of nitrogens with zero attached hydrogens (tertiary/aromatic N) is 3. The van der Waals surface area contributed by atoms with Gasteiger partial charge in [-0.05, 0) is 49.5 Å². The Bertz CT molecular complexity index is 655. The van der Waals surface area contributed by atoms with Gasteiger partial charge in [-0.2, -0.15) is 0 Å². The third-order valence-corrected chi connectivity index (χ3v) is 6.32. The van der Waals surface area contributed by atoms with Gasteiger partial charge in [-0.25, -0.2) is 9.97 Å². The Labute approximate surface area is 130 Å². The van der Waals surface area contributed by atoms with Crippen LogP contribution in [0.15, 0.2) is 6.33 Å². The summed E-state index contributed by atoms with van der Waals surface area (Å²) in [6, 6.07) is 0. The first-order chi connectivity index (χ1) is 10.2. The number of aromatic nitrogens is 2. The second-order valence-electron chi connectivity index (χ2n) is 6.90. The number of piperidine rings is 1. The van der Waals surface area contributed by atoms with Crippen LogP contribution in [0.4, 0.5) is 5.82 Å². The third-order valence-electron chi connectivity index (χ3n) is 5.15. The van der Waals surface area contributed by atoms with E-state index in [-0.39, 0.29) is 0 Å². The van der Waals surface area contributed by atoms with Crippen molar-refractivity contribution >= 4 is 27.4 Å². The minimum absolute atomic E-state index is 0.817. The largest absolute Gasteiger partial charge is 0.356 e. The minimum atomic E-state index is 0.817. The van der Waals surface area contributed by atoms with E-state index in [9.17, 15) is 0 Å². The maximum absolute atomic E-state index is 4.68. The van der Waals surface area contributed by atoms with Crippen molar-refractivity contribution < 1.29 is 0 Å². The zero-order chi connectivity index (χ0) is 14.4. The second kappa shape index (κ2) is 5.24. The maximum atomic E-state index is 4.68. The molecule has 2 aromatic rings. The van der Waals surface area contributed by atoms with Gasteiger partial charge in [0.25, 0.3) is 0 Å². The Morgan fingerprint density at radius 2 is 1.90 bits per heavy atom. The molecule has 1 aliphatic heterocycles. The maximum Gasteiger partial charge on any atom is 0.141 e. The molecule has 0 radical (unpaired) electrons. The van der Waals surface area contributed by atoms with Crippen molar-refractivity contribution in [3.8, 4) is 0 Å². The van der Waals surface area contributed by atoms with E-state index in [4.69, 9.17) is 0 Å². The van der Waals surface area contributed by atoms with Gasteiger partial charge in [0.15, 0.2) is 0 Å². The highest BCUT2D eigenvalue weighted by Crippen LogP contribution is 2.41. The predicted octanol–water partition coefficient (Wildman–Crippen LogP) is 4.05. The Hall–Kier alpha value is -1.16. The molecule has 0 amide bonds. The fourth-order valence-electron chi connectivity index (χ4n) is 3.72. The van der Waals surface area contributed by atoms with E-state index < -0.39 is 0 Å². The summed E-state index contributed by atoms with van der Waals surface area (Å²) in [6.45, 7) is 7.02. The van der Waals surface area contributed by atoms with Gasteiger partial charge in [-0.3, -0.25) is 0 Å². The minimum Gasteiger partial charge on any atom is -0.356 e. The SMILES string of the molecule is CC1CCN(c2ncnc3sc4c(c23)CC[C@@H](C)C4)CC1. The zero-order valence-electron chi connectivity index (χ0n) is 12.9. The second-order valence-corrected chi connectivity index (χ2v) is 7.98. The molecule has 2 aromatic heterocycles. The van der Waals surface area contributed by atoms with Crippen molar-refractivity contribution in [1.29, 1.82) is 0 Å². The molecule has 1 atom stereocenters. The summed E-state index contributed by atoms with van der Waals surface area (Å²) in [4.78, 5) is 14.5. The quantitative estimate of drug-likeness (QED) is 0.795. The summed E-state index contributed by atoms with van der Waals surface area (Å²) < 4.78 is 0. The summed E-state index contributed by atoms with van der Waals surface area (Å²) in [5.41, 5.74) is 1.56. The van der Waals surface area contributed by atoms with Crippen LogP contribution in [0.5, 0.6) is 0 Å². The van der Waals surface area contributed by atoms with Crippen molar-refractivity contribution in [3.63, 3.8) is 0 Å². The molecule has 21 heavy (non-hydrogen) atoms. The first kappa shape index (κ1) is 13.5. The molecule has 1 aliphatic carbocycles. The van der Waals surface area contributed by atoms with E-state index in [0.29, 0.717) is 0 Å². The summed E-state index contributed by atoms with van der Waals surface area (Å²) in [5.74, 6) is 2.88. The van der Waals surface area contributed by atoms with Crippen LogP contribution >= 0.6 is 11.3 Å². The monoisotopic (exact) mass is 301 g/mol. The molecule has 0 aromatic carbocycles. The van der Waals surface area contributed by atoms with Crippen LogP contribution in [0.3, 0.4) is 0 Å². The van der Waals surface area contributed by atoms with Gasteiger partial charge < -0.3 is 4.90 Å². The number of hydrogen-bond acceptors (Lipinski definition) is 4. The smallest absolute Gasteiger partial charge is 0.141 e. The van der Waals surface area contributed by atoms with Gasteiger partial charge in [0.2, 0.25) is 0 Å². The lowest BCUT2D eigenvalue weighted by Crippen LogP contribution is -2.33. The Morgan fingerprint density at radius 3 is 2.71 bits per heavy atom. The molecule has 0 spiro atoms. The Morgan fingerprint density at radius 1 is 1.10 bits per heavy atom. The normalized spacial score (nSPS) is 23.5. The molecular weight excluding hydrogens is 278 g/mol. The lowest BCUT2D eigenvalue weighted by Gasteiger charge is -2.31. The van der Waals surface area contributed by atoms with Crippen molar-refractivity contribution in [2.75, 3.05) is 18.0 Å². The van der Waals surface area contributed by atoms with Crippen molar-refractivity contribution in [3.05, 3.63) is 16.8 Å². The van der Waals surface area contributed by atoms with E-state index in [2.05, 4.69) is 28.7 Å². The Balaban J connectivity index is 1.79. The number of rotatable bonds is 1. The summed E-state index contributed by atoms with van der Waals surface area (Å²) in [5, 5.41) is 1.37. The lowest BCUT2D eigenvalue weighted by molar-refractivity contribution is 0.437. The first-order valence-electron chi connectivity index (χ1n) is 8.22. The standard InChI is InChI=1S/C17H23N3S/c1-11-5-7-20(8-6-11)16-15-13-4-3-12(2)9-14(13)21-17(15)19-10-18-16/h10-12H,3-9H2,1-2H3/t12-/m1/s1. The third kappa shape index (κ3) is 2.33. The fraction of sp³-hybridized carbons (Fsp3) is 0.647. The van der Waals surface area contributed by atoms with Crippen molar-refractivity contribution in [2.45, 2.75) is 46.0 Å². The van der Waals surface area contributed by atoms with Gasteiger partial charge in [-0.1, -0.05) is 13.8 Å².